The first-order valence-electron chi connectivity index (χ1n) is 7.96. The molecule has 1 aromatic rings. The van der Waals surface area contributed by atoms with Gasteiger partial charge in [-0.1, -0.05) is 0 Å². The molecule has 1 atom stereocenters. The fourth-order valence-electron chi connectivity index (χ4n) is 3.56. The predicted octanol–water partition coefficient (Wildman–Crippen LogP) is 1.03. The van der Waals surface area contributed by atoms with E-state index in [0.717, 1.165) is 25.7 Å². The van der Waals surface area contributed by atoms with Gasteiger partial charge in [0.15, 0.2) is 0 Å². The van der Waals surface area contributed by atoms with Crippen LogP contribution in [0.4, 0.5) is 0 Å². The monoisotopic (exact) mass is 354 g/mol. The molecule has 132 valence electrons. The van der Waals surface area contributed by atoms with Crippen LogP contribution in [-0.4, -0.2) is 40.7 Å². The van der Waals surface area contributed by atoms with Crippen molar-refractivity contribution in [2.24, 2.45) is 11.1 Å². The maximum atomic E-state index is 12.7. The number of carbonyl (C=O) groups excluding carboxylic acids is 1. The summed E-state index contributed by atoms with van der Waals surface area (Å²) < 4.78 is 38.6. The molecule has 1 saturated heterocycles. The summed E-state index contributed by atoms with van der Waals surface area (Å²) in [6.07, 6.45) is 3.57. The topological polar surface area (TPSA) is 108 Å². The lowest BCUT2D eigenvalue weighted by Crippen LogP contribution is -2.57. The van der Waals surface area contributed by atoms with Crippen molar-refractivity contribution in [2.75, 3.05) is 20.3 Å². The van der Waals surface area contributed by atoms with Crippen molar-refractivity contribution in [1.29, 1.82) is 0 Å². The molecule has 2 fully saturated rings. The third kappa shape index (κ3) is 3.01. The molecule has 24 heavy (non-hydrogen) atoms. The number of amides is 1. The molecule has 2 aliphatic rings. The van der Waals surface area contributed by atoms with Crippen LogP contribution in [0.3, 0.4) is 0 Å². The van der Waals surface area contributed by atoms with Gasteiger partial charge in [-0.2, -0.15) is 0 Å². The number of methoxy groups -OCH3 is 1. The summed E-state index contributed by atoms with van der Waals surface area (Å²) in [5, 5.41) is 0. The molecule has 1 unspecified atom stereocenters. The molecular weight excluding hydrogens is 332 g/mol. The zero-order valence-electron chi connectivity index (χ0n) is 13.6. The molecule has 0 aromatic heterocycles. The molecule has 8 heteroatoms. The van der Waals surface area contributed by atoms with E-state index in [1.54, 1.807) is 0 Å². The molecule has 1 aliphatic heterocycles. The first-order chi connectivity index (χ1) is 11.4. The number of sulfonamides is 1. The smallest absolute Gasteiger partial charge is 0.252 e. The standard InChI is InChI=1S/C16H22N2O5S/c1-22-13-3-2-11(10-12(13)15(17)19)24(20,21)18-14-4-5-16(14)6-8-23-9-7-16/h2-3,10,14,18H,4-9H2,1H3,(H2,17,19). The van der Waals surface area contributed by atoms with E-state index in [-0.39, 0.29) is 27.7 Å². The number of hydrogen-bond acceptors (Lipinski definition) is 5. The Kier molecular flexibility index (Phi) is 4.54. The Morgan fingerprint density at radius 3 is 2.58 bits per heavy atom. The van der Waals surface area contributed by atoms with E-state index in [9.17, 15) is 13.2 Å². The summed E-state index contributed by atoms with van der Waals surface area (Å²) in [4.78, 5) is 11.5. The molecular formula is C16H22N2O5S. The largest absolute Gasteiger partial charge is 0.496 e. The van der Waals surface area contributed by atoms with E-state index < -0.39 is 15.9 Å². The minimum Gasteiger partial charge on any atom is -0.496 e. The van der Waals surface area contributed by atoms with Gasteiger partial charge in [-0.05, 0) is 49.3 Å². The molecule has 3 rings (SSSR count). The van der Waals surface area contributed by atoms with E-state index in [0.29, 0.717) is 13.2 Å². The van der Waals surface area contributed by atoms with Crippen molar-refractivity contribution in [3.8, 4) is 5.75 Å². The Morgan fingerprint density at radius 2 is 2.04 bits per heavy atom. The number of rotatable bonds is 5. The van der Waals surface area contributed by atoms with Gasteiger partial charge in [0, 0.05) is 19.3 Å². The van der Waals surface area contributed by atoms with Crippen LogP contribution in [0.2, 0.25) is 0 Å². The number of benzene rings is 1. The minimum absolute atomic E-state index is 0.00427. The number of nitrogens with two attached hydrogens (primary N) is 1. The first kappa shape index (κ1) is 17.2. The Balaban J connectivity index is 1.83. The van der Waals surface area contributed by atoms with E-state index >= 15 is 0 Å². The summed E-state index contributed by atoms with van der Waals surface area (Å²) in [5.41, 5.74) is 5.36. The first-order valence-corrected chi connectivity index (χ1v) is 9.44. The van der Waals surface area contributed by atoms with Gasteiger partial charge < -0.3 is 15.2 Å². The lowest BCUT2D eigenvalue weighted by atomic mass is 9.60. The van der Waals surface area contributed by atoms with Crippen molar-refractivity contribution >= 4 is 15.9 Å². The van der Waals surface area contributed by atoms with Crippen LogP contribution < -0.4 is 15.2 Å². The molecule has 7 nitrogen and oxygen atoms in total. The van der Waals surface area contributed by atoms with E-state index in [1.165, 1.54) is 25.3 Å². The molecule has 1 amide bonds. The summed E-state index contributed by atoms with van der Waals surface area (Å²) in [6.45, 7) is 1.35. The zero-order valence-corrected chi connectivity index (χ0v) is 14.4. The maximum absolute atomic E-state index is 12.7. The Hall–Kier alpha value is -1.64. The second kappa shape index (κ2) is 6.34. The molecule has 1 aliphatic carbocycles. The number of hydrogen-bond donors (Lipinski definition) is 2. The predicted molar refractivity (Wildman–Crippen MR) is 87.3 cm³/mol. The van der Waals surface area contributed by atoms with Crippen molar-refractivity contribution in [3.63, 3.8) is 0 Å². The average molecular weight is 354 g/mol. The fraction of sp³-hybridized carbons (Fsp3) is 0.562. The lowest BCUT2D eigenvalue weighted by Gasteiger charge is -2.51. The summed E-state index contributed by atoms with van der Waals surface area (Å²) >= 11 is 0. The van der Waals surface area contributed by atoms with Crippen LogP contribution in [0.1, 0.15) is 36.0 Å². The number of nitrogens with one attached hydrogen (secondary N) is 1. The van der Waals surface area contributed by atoms with Gasteiger partial charge in [-0.3, -0.25) is 4.79 Å². The van der Waals surface area contributed by atoms with Crippen LogP contribution in [0.25, 0.3) is 0 Å². The van der Waals surface area contributed by atoms with Gasteiger partial charge in [-0.25, -0.2) is 13.1 Å². The molecule has 1 saturated carbocycles. The van der Waals surface area contributed by atoms with Gasteiger partial charge in [0.25, 0.3) is 5.91 Å². The Labute approximate surface area is 141 Å². The maximum Gasteiger partial charge on any atom is 0.252 e. The molecule has 1 aromatic carbocycles. The highest BCUT2D eigenvalue weighted by atomic mass is 32.2. The third-order valence-electron chi connectivity index (χ3n) is 5.20. The number of primary amides is 1. The molecule has 3 N–H and O–H groups in total. The van der Waals surface area contributed by atoms with Crippen LogP contribution in [0, 0.1) is 5.41 Å². The number of ether oxygens (including phenoxy) is 2. The van der Waals surface area contributed by atoms with Gasteiger partial charge in [0.2, 0.25) is 10.0 Å². The number of carbonyl (C=O) groups is 1. The Morgan fingerprint density at radius 1 is 1.33 bits per heavy atom. The van der Waals surface area contributed by atoms with Crippen molar-refractivity contribution < 1.29 is 22.7 Å². The highest BCUT2D eigenvalue weighted by Gasteiger charge is 2.48. The average Bonchev–Trinajstić information content (AvgIpc) is 2.59. The molecule has 1 heterocycles. The normalized spacial score (nSPS) is 22.8. The highest BCUT2D eigenvalue weighted by molar-refractivity contribution is 7.89. The van der Waals surface area contributed by atoms with Crippen LogP contribution in [0.5, 0.6) is 5.75 Å². The highest BCUT2D eigenvalue weighted by Crippen LogP contribution is 2.49. The minimum atomic E-state index is -3.73. The van der Waals surface area contributed by atoms with E-state index in [4.69, 9.17) is 15.2 Å². The van der Waals surface area contributed by atoms with Crippen molar-refractivity contribution in [2.45, 2.75) is 36.6 Å². The van der Waals surface area contributed by atoms with Gasteiger partial charge in [0.1, 0.15) is 5.75 Å². The fourth-order valence-corrected chi connectivity index (χ4v) is 4.96. The molecule has 0 bridgehead atoms. The Bertz CT molecular complexity index is 741. The van der Waals surface area contributed by atoms with Gasteiger partial charge in [-0.15, -0.1) is 0 Å². The SMILES string of the molecule is COc1ccc(S(=O)(=O)NC2CCC23CCOCC3)cc1C(N)=O. The second-order valence-corrected chi connectivity index (χ2v) is 8.13. The molecule has 0 radical (unpaired) electrons. The summed E-state index contributed by atoms with van der Waals surface area (Å²) in [5.74, 6) is -0.473. The van der Waals surface area contributed by atoms with Crippen molar-refractivity contribution in [3.05, 3.63) is 23.8 Å². The molecule has 1 spiro atoms. The third-order valence-corrected chi connectivity index (χ3v) is 6.67. The van der Waals surface area contributed by atoms with E-state index in [2.05, 4.69) is 4.72 Å². The zero-order chi connectivity index (χ0) is 17.4. The summed E-state index contributed by atoms with van der Waals surface area (Å²) in [7, 11) is -2.33. The lowest BCUT2D eigenvalue weighted by molar-refractivity contribution is -0.0483. The second-order valence-electron chi connectivity index (χ2n) is 6.41. The summed E-state index contributed by atoms with van der Waals surface area (Å²) in [6, 6.07) is 4.03. The van der Waals surface area contributed by atoms with Gasteiger partial charge >= 0.3 is 0 Å². The quantitative estimate of drug-likeness (QED) is 0.821. The van der Waals surface area contributed by atoms with Crippen LogP contribution >= 0.6 is 0 Å². The van der Waals surface area contributed by atoms with Gasteiger partial charge in [0.05, 0.1) is 17.6 Å². The van der Waals surface area contributed by atoms with Crippen LogP contribution in [0.15, 0.2) is 23.1 Å². The van der Waals surface area contributed by atoms with Crippen molar-refractivity contribution in [1.82, 2.24) is 4.72 Å². The van der Waals surface area contributed by atoms with E-state index in [1.807, 2.05) is 0 Å². The van der Waals surface area contributed by atoms with Crippen LogP contribution in [-0.2, 0) is 14.8 Å².